The van der Waals surface area contributed by atoms with Crippen molar-refractivity contribution in [2.24, 2.45) is 5.14 Å². The molecule has 1 aromatic carbocycles. The van der Waals surface area contributed by atoms with Crippen molar-refractivity contribution in [2.45, 2.75) is 6.42 Å². The van der Waals surface area contributed by atoms with E-state index in [1.807, 2.05) is 24.3 Å². The SMILES string of the molecule is N#Cc1ccc(CCSN)cc1. The van der Waals surface area contributed by atoms with Crippen LogP contribution in [0.4, 0.5) is 0 Å². The summed E-state index contributed by atoms with van der Waals surface area (Å²) >= 11 is 1.34. The Morgan fingerprint density at radius 1 is 1.33 bits per heavy atom. The third-order valence-corrected chi connectivity index (χ3v) is 2.03. The molecule has 1 rings (SSSR count). The molecule has 0 saturated heterocycles. The molecule has 0 unspecified atom stereocenters. The minimum Gasteiger partial charge on any atom is -0.278 e. The second-order valence-electron chi connectivity index (χ2n) is 2.43. The van der Waals surface area contributed by atoms with Gasteiger partial charge in [0.25, 0.3) is 0 Å². The predicted octanol–water partition coefficient (Wildman–Crippen LogP) is 1.71. The second kappa shape index (κ2) is 4.81. The number of hydrogen-bond acceptors (Lipinski definition) is 3. The first-order valence-corrected chi connectivity index (χ1v) is 4.72. The summed E-state index contributed by atoms with van der Waals surface area (Å²) in [6, 6.07) is 9.67. The highest BCUT2D eigenvalue weighted by Crippen LogP contribution is 2.05. The molecule has 1 aromatic rings. The van der Waals surface area contributed by atoms with Gasteiger partial charge in [-0.25, -0.2) is 0 Å². The van der Waals surface area contributed by atoms with Crippen molar-refractivity contribution in [2.75, 3.05) is 5.75 Å². The maximum absolute atomic E-state index is 8.53. The number of nitrogens with two attached hydrogens (primary N) is 1. The molecule has 0 heterocycles. The summed E-state index contributed by atoms with van der Waals surface area (Å²) in [5.74, 6) is 0.923. The van der Waals surface area contributed by atoms with Crippen molar-refractivity contribution in [3.63, 3.8) is 0 Å². The molecule has 62 valence electrons. The van der Waals surface area contributed by atoms with Crippen LogP contribution in [0.5, 0.6) is 0 Å². The molecule has 0 aliphatic carbocycles. The Morgan fingerprint density at radius 2 is 2.00 bits per heavy atom. The molecule has 0 fully saturated rings. The number of nitrogens with zero attached hydrogens (tertiary/aromatic N) is 1. The van der Waals surface area contributed by atoms with Crippen LogP contribution < -0.4 is 5.14 Å². The van der Waals surface area contributed by atoms with Gasteiger partial charge in [0.05, 0.1) is 11.6 Å². The van der Waals surface area contributed by atoms with Crippen molar-refractivity contribution in [3.05, 3.63) is 35.4 Å². The van der Waals surface area contributed by atoms with Crippen LogP contribution in [0, 0.1) is 11.3 Å². The van der Waals surface area contributed by atoms with Gasteiger partial charge in [-0.05, 0) is 24.1 Å². The Balaban J connectivity index is 2.60. The van der Waals surface area contributed by atoms with Crippen molar-refractivity contribution in [1.82, 2.24) is 0 Å². The largest absolute Gasteiger partial charge is 0.278 e. The highest BCUT2D eigenvalue weighted by atomic mass is 32.2. The Bertz CT molecular complexity index is 274. The third-order valence-electron chi connectivity index (χ3n) is 1.59. The van der Waals surface area contributed by atoms with Crippen LogP contribution >= 0.6 is 11.9 Å². The molecule has 2 nitrogen and oxygen atoms in total. The van der Waals surface area contributed by atoms with Crippen molar-refractivity contribution >= 4 is 11.9 Å². The van der Waals surface area contributed by atoms with Gasteiger partial charge in [0.1, 0.15) is 0 Å². The van der Waals surface area contributed by atoms with Crippen LogP contribution in [0.15, 0.2) is 24.3 Å². The van der Waals surface area contributed by atoms with E-state index in [1.165, 1.54) is 17.5 Å². The molecule has 0 atom stereocenters. The van der Waals surface area contributed by atoms with Crippen LogP contribution in [0.25, 0.3) is 0 Å². The predicted molar refractivity (Wildman–Crippen MR) is 51.5 cm³/mol. The maximum atomic E-state index is 8.53. The molecule has 0 aromatic heterocycles. The Labute approximate surface area is 76.5 Å². The van der Waals surface area contributed by atoms with Gasteiger partial charge >= 0.3 is 0 Å². The summed E-state index contributed by atoms with van der Waals surface area (Å²) in [5, 5.41) is 13.8. The fourth-order valence-corrected chi connectivity index (χ4v) is 1.28. The monoisotopic (exact) mass is 178 g/mol. The molecule has 0 saturated carbocycles. The number of benzene rings is 1. The normalized spacial score (nSPS) is 9.33. The van der Waals surface area contributed by atoms with E-state index < -0.39 is 0 Å². The van der Waals surface area contributed by atoms with E-state index in [-0.39, 0.29) is 0 Å². The van der Waals surface area contributed by atoms with Gasteiger partial charge in [-0.3, -0.25) is 5.14 Å². The smallest absolute Gasteiger partial charge is 0.0991 e. The standard InChI is InChI=1S/C9H10N2S/c10-7-9-3-1-8(2-4-9)5-6-12-11/h1-4H,5-6,11H2. The van der Waals surface area contributed by atoms with Gasteiger partial charge in [0, 0.05) is 5.75 Å². The average molecular weight is 178 g/mol. The molecule has 0 amide bonds. The van der Waals surface area contributed by atoms with Crippen LogP contribution in [0.2, 0.25) is 0 Å². The summed E-state index contributed by atoms with van der Waals surface area (Å²) < 4.78 is 0. The lowest BCUT2D eigenvalue weighted by Crippen LogP contribution is -1.91. The van der Waals surface area contributed by atoms with Crippen LogP contribution in [-0.2, 0) is 6.42 Å². The van der Waals surface area contributed by atoms with Gasteiger partial charge in [0.15, 0.2) is 0 Å². The van der Waals surface area contributed by atoms with E-state index in [0.29, 0.717) is 5.56 Å². The Hall–Kier alpha value is -0.980. The fraction of sp³-hybridized carbons (Fsp3) is 0.222. The lowest BCUT2D eigenvalue weighted by atomic mass is 10.1. The van der Waals surface area contributed by atoms with Crippen LogP contribution in [0.1, 0.15) is 11.1 Å². The molecular formula is C9H10N2S. The van der Waals surface area contributed by atoms with Crippen molar-refractivity contribution in [1.29, 1.82) is 5.26 Å². The zero-order chi connectivity index (χ0) is 8.81. The highest BCUT2D eigenvalue weighted by Gasteiger charge is 1.92. The van der Waals surface area contributed by atoms with Crippen LogP contribution in [0.3, 0.4) is 0 Å². The average Bonchev–Trinajstić information content (AvgIpc) is 2.15. The Morgan fingerprint density at radius 3 is 2.50 bits per heavy atom. The zero-order valence-electron chi connectivity index (χ0n) is 6.66. The summed E-state index contributed by atoms with van der Waals surface area (Å²) in [5.41, 5.74) is 1.94. The molecule has 0 radical (unpaired) electrons. The first-order chi connectivity index (χ1) is 5.86. The Kier molecular flexibility index (Phi) is 3.65. The van der Waals surface area contributed by atoms with E-state index in [2.05, 4.69) is 6.07 Å². The minimum absolute atomic E-state index is 0.708. The number of rotatable bonds is 3. The lowest BCUT2D eigenvalue weighted by Gasteiger charge is -1.97. The number of hydrogen-bond donors (Lipinski definition) is 1. The maximum Gasteiger partial charge on any atom is 0.0991 e. The summed E-state index contributed by atoms with van der Waals surface area (Å²) in [6.07, 6.45) is 0.965. The van der Waals surface area contributed by atoms with E-state index in [1.54, 1.807) is 0 Å². The second-order valence-corrected chi connectivity index (χ2v) is 3.17. The lowest BCUT2D eigenvalue weighted by molar-refractivity contribution is 1.16. The molecule has 12 heavy (non-hydrogen) atoms. The molecule has 0 aliphatic rings. The van der Waals surface area contributed by atoms with Gasteiger partial charge in [-0.15, -0.1) is 0 Å². The highest BCUT2D eigenvalue weighted by molar-refractivity contribution is 7.97. The van der Waals surface area contributed by atoms with E-state index in [4.69, 9.17) is 10.4 Å². The molecule has 3 heteroatoms. The minimum atomic E-state index is 0.708. The number of aryl methyl sites for hydroxylation is 1. The first kappa shape index (κ1) is 9.11. The molecular weight excluding hydrogens is 168 g/mol. The molecule has 0 spiro atoms. The summed E-state index contributed by atoms with van der Waals surface area (Å²) in [4.78, 5) is 0. The molecule has 2 N–H and O–H groups in total. The topological polar surface area (TPSA) is 49.8 Å². The quantitative estimate of drug-likeness (QED) is 0.717. The van der Waals surface area contributed by atoms with Crippen LogP contribution in [-0.4, -0.2) is 5.75 Å². The summed E-state index contributed by atoms with van der Waals surface area (Å²) in [7, 11) is 0. The zero-order valence-corrected chi connectivity index (χ0v) is 7.47. The fourth-order valence-electron chi connectivity index (χ4n) is 0.923. The van der Waals surface area contributed by atoms with Crippen molar-refractivity contribution < 1.29 is 0 Å². The van der Waals surface area contributed by atoms with Crippen molar-refractivity contribution in [3.8, 4) is 6.07 Å². The summed E-state index contributed by atoms with van der Waals surface area (Å²) in [6.45, 7) is 0. The van der Waals surface area contributed by atoms with E-state index >= 15 is 0 Å². The third kappa shape index (κ3) is 2.57. The van der Waals surface area contributed by atoms with E-state index in [0.717, 1.165) is 12.2 Å². The van der Waals surface area contributed by atoms with Gasteiger partial charge in [-0.2, -0.15) is 5.26 Å². The first-order valence-electron chi connectivity index (χ1n) is 3.67. The van der Waals surface area contributed by atoms with Gasteiger partial charge in [0.2, 0.25) is 0 Å². The van der Waals surface area contributed by atoms with E-state index in [9.17, 15) is 0 Å². The van der Waals surface area contributed by atoms with Gasteiger partial charge < -0.3 is 0 Å². The van der Waals surface area contributed by atoms with Gasteiger partial charge in [-0.1, -0.05) is 24.1 Å². The molecule has 0 bridgehead atoms. The molecule has 0 aliphatic heterocycles. The number of nitriles is 1.